The molecule has 0 unspecified atom stereocenters. The van der Waals surface area contributed by atoms with Crippen LogP contribution < -0.4 is 5.32 Å². The van der Waals surface area contributed by atoms with Crippen molar-refractivity contribution in [3.8, 4) is 0 Å². The van der Waals surface area contributed by atoms with E-state index in [9.17, 15) is 9.59 Å². The van der Waals surface area contributed by atoms with Crippen LogP contribution in [0.15, 0.2) is 16.9 Å². The second-order valence-electron chi connectivity index (χ2n) is 5.61. The van der Waals surface area contributed by atoms with Gasteiger partial charge < -0.3 is 14.6 Å². The summed E-state index contributed by atoms with van der Waals surface area (Å²) >= 11 is 0. The fraction of sp³-hybridized carbons (Fsp3) is 0.615. The van der Waals surface area contributed by atoms with E-state index in [0.717, 1.165) is 0 Å². The third-order valence-electron chi connectivity index (χ3n) is 2.28. The zero-order valence-electron chi connectivity index (χ0n) is 11.9. The summed E-state index contributed by atoms with van der Waals surface area (Å²) in [6.07, 6.45) is 1.30. The summed E-state index contributed by atoms with van der Waals surface area (Å²) in [5.74, 6) is -1.01. The summed E-state index contributed by atoms with van der Waals surface area (Å²) in [6, 6.07) is 0.713. The Morgan fingerprint density at radius 2 is 2.00 bits per heavy atom. The highest BCUT2D eigenvalue weighted by molar-refractivity contribution is 5.95. The van der Waals surface area contributed by atoms with Gasteiger partial charge in [-0.1, -0.05) is 19.0 Å². The average Bonchev–Trinajstić information content (AvgIpc) is 2.75. The summed E-state index contributed by atoms with van der Waals surface area (Å²) in [5.41, 5.74) is -0.461. The highest BCUT2D eigenvalue weighted by Crippen LogP contribution is 2.12. The first kappa shape index (κ1) is 15.2. The van der Waals surface area contributed by atoms with Crippen LogP contribution in [0.4, 0.5) is 0 Å². The molecule has 0 aliphatic rings. The first-order valence-corrected chi connectivity index (χ1v) is 6.15. The van der Waals surface area contributed by atoms with E-state index in [1.165, 1.54) is 12.3 Å². The van der Waals surface area contributed by atoms with Gasteiger partial charge in [0.25, 0.3) is 5.91 Å². The molecule has 0 radical (unpaired) electrons. The Kier molecular flexibility index (Phi) is 4.69. The summed E-state index contributed by atoms with van der Waals surface area (Å²) in [4.78, 5) is 23.9. The van der Waals surface area contributed by atoms with Crippen molar-refractivity contribution in [2.24, 2.45) is 5.92 Å². The van der Waals surface area contributed by atoms with Gasteiger partial charge in [0, 0.05) is 6.07 Å². The third kappa shape index (κ3) is 4.73. The molecule has 19 heavy (non-hydrogen) atoms. The van der Waals surface area contributed by atoms with Crippen molar-refractivity contribution >= 4 is 11.9 Å². The van der Waals surface area contributed by atoms with Gasteiger partial charge in [0.1, 0.15) is 17.9 Å². The maximum Gasteiger partial charge on any atom is 0.329 e. The zero-order valence-corrected chi connectivity index (χ0v) is 11.9. The number of nitrogens with zero attached hydrogens (tertiary/aromatic N) is 1. The van der Waals surface area contributed by atoms with Crippen molar-refractivity contribution in [1.29, 1.82) is 0 Å². The lowest BCUT2D eigenvalue weighted by Crippen LogP contribution is -2.47. The minimum absolute atomic E-state index is 0.0919. The molecule has 1 N–H and O–H groups in total. The molecule has 1 aromatic rings. The van der Waals surface area contributed by atoms with Gasteiger partial charge in [-0.25, -0.2) is 4.79 Å². The maximum absolute atomic E-state index is 12.0. The van der Waals surface area contributed by atoms with Crippen LogP contribution in [0.5, 0.6) is 0 Å². The maximum atomic E-state index is 12.0. The topological polar surface area (TPSA) is 81.4 Å². The van der Waals surface area contributed by atoms with Crippen LogP contribution in [0, 0.1) is 5.92 Å². The van der Waals surface area contributed by atoms with E-state index >= 15 is 0 Å². The molecule has 0 bridgehead atoms. The van der Waals surface area contributed by atoms with Gasteiger partial charge in [0.05, 0.1) is 0 Å². The molecule has 1 rings (SSSR count). The van der Waals surface area contributed by atoms with E-state index in [1.807, 2.05) is 13.8 Å². The summed E-state index contributed by atoms with van der Waals surface area (Å²) in [6.45, 7) is 9.00. The highest BCUT2D eigenvalue weighted by Gasteiger charge is 2.29. The van der Waals surface area contributed by atoms with Crippen LogP contribution in [0.2, 0.25) is 0 Å². The van der Waals surface area contributed by atoms with E-state index in [-0.39, 0.29) is 11.6 Å². The van der Waals surface area contributed by atoms with Crippen molar-refractivity contribution in [3.63, 3.8) is 0 Å². The number of rotatable bonds is 4. The lowest BCUT2D eigenvalue weighted by atomic mass is 10.0. The molecule has 0 fully saturated rings. The van der Waals surface area contributed by atoms with Crippen LogP contribution in [-0.2, 0) is 9.53 Å². The van der Waals surface area contributed by atoms with Crippen LogP contribution in [0.3, 0.4) is 0 Å². The van der Waals surface area contributed by atoms with Gasteiger partial charge in [0.15, 0.2) is 5.69 Å². The lowest BCUT2D eigenvalue weighted by molar-refractivity contribution is -0.158. The first-order chi connectivity index (χ1) is 8.70. The molecule has 106 valence electrons. The monoisotopic (exact) mass is 268 g/mol. The molecule has 1 heterocycles. The van der Waals surface area contributed by atoms with E-state index < -0.39 is 23.5 Å². The Morgan fingerprint density at radius 3 is 2.42 bits per heavy atom. The van der Waals surface area contributed by atoms with E-state index in [0.29, 0.717) is 0 Å². The van der Waals surface area contributed by atoms with Gasteiger partial charge in [-0.05, 0) is 26.7 Å². The molecule has 0 aliphatic heterocycles. The predicted octanol–water partition coefficient (Wildman–Crippen LogP) is 1.77. The summed E-state index contributed by atoms with van der Waals surface area (Å²) in [5, 5.41) is 6.13. The lowest BCUT2D eigenvalue weighted by Gasteiger charge is -2.26. The van der Waals surface area contributed by atoms with E-state index in [4.69, 9.17) is 4.74 Å². The van der Waals surface area contributed by atoms with Gasteiger partial charge in [-0.15, -0.1) is 0 Å². The number of carbonyl (C=O) groups is 2. The molecule has 0 saturated carbocycles. The first-order valence-electron chi connectivity index (χ1n) is 6.15. The number of carbonyl (C=O) groups excluding carboxylic acids is 2. The van der Waals surface area contributed by atoms with Crippen molar-refractivity contribution in [3.05, 3.63) is 18.0 Å². The number of esters is 1. The normalized spacial score (nSPS) is 13.2. The number of ether oxygens (including phenoxy) is 1. The van der Waals surface area contributed by atoms with Gasteiger partial charge in [-0.3, -0.25) is 4.79 Å². The molecule has 6 heteroatoms. The Morgan fingerprint density at radius 1 is 1.37 bits per heavy atom. The van der Waals surface area contributed by atoms with Crippen molar-refractivity contribution in [2.75, 3.05) is 0 Å². The molecule has 0 aliphatic carbocycles. The van der Waals surface area contributed by atoms with Gasteiger partial charge in [0.2, 0.25) is 0 Å². The second kappa shape index (κ2) is 5.86. The van der Waals surface area contributed by atoms with Crippen LogP contribution in [0.25, 0.3) is 0 Å². The fourth-order valence-electron chi connectivity index (χ4n) is 1.41. The number of nitrogens with one attached hydrogen (secondary N) is 1. The molecule has 0 saturated heterocycles. The fourth-order valence-corrected chi connectivity index (χ4v) is 1.41. The zero-order chi connectivity index (χ0) is 14.6. The SMILES string of the molecule is CC(C)[C@@H](NC(=O)c1ccon1)C(=O)OC(C)(C)C. The Bertz CT molecular complexity index is 432. The van der Waals surface area contributed by atoms with Crippen LogP contribution in [-0.4, -0.2) is 28.7 Å². The smallest absolute Gasteiger partial charge is 0.329 e. The molecular formula is C13H20N2O4. The number of amides is 1. The number of hydrogen-bond acceptors (Lipinski definition) is 5. The minimum Gasteiger partial charge on any atom is -0.458 e. The minimum atomic E-state index is -0.719. The molecular weight excluding hydrogens is 248 g/mol. The summed E-state index contributed by atoms with van der Waals surface area (Å²) < 4.78 is 9.87. The number of aromatic nitrogens is 1. The molecule has 1 atom stereocenters. The predicted molar refractivity (Wildman–Crippen MR) is 68.4 cm³/mol. The highest BCUT2D eigenvalue weighted by atomic mass is 16.6. The largest absolute Gasteiger partial charge is 0.458 e. The molecule has 0 spiro atoms. The number of hydrogen-bond donors (Lipinski definition) is 1. The van der Waals surface area contributed by atoms with Crippen molar-refractivity contribution < 1.29 is 18.8 Å². The van der Waals surface area contributed by atoms with Crippen LogP contribution in [0.1, 0.15) is 45.1 Å². The molecule has 1 aromatic heterocycles. The van der Waals surface area contributed by atoms with Gasteiger partial charge in [-0.2, -0.15) is 0 Å². The summed E-state index contributed by atoms with van der Waals surface area (Å²) in [7, 11) is 0. The molecule has 1 amide bonds. The Balaban J connectivity index is 2.73. The Hall–Kier alpha value is -1.85. The quantitative estimate of drug-likeness (QED) is 0.842. The molecule has 6 nitrogen and oxygen atoms in total. The average molecular weight is 268 g/mol. The Labute approximate surface area is 112 Å². The molecule has 0 aromatic carbocycles. The van der Waals surface area contributed by atoms with Crippen LogP contribution >= 0.6 is 0 Å². The van der Waals surface area contributed by atoms with Crippen molar-refractivity contribution in [2.45, 2.75) is 46.3 Å². The third-order valence-corrected chi connectivity index (χ3v) is 2.28. The van der Waals surface area contributed by atoms with E-state index in [1.54, 1.807) is 20.8 Å². The van der Waals surface area contributed by atoms with Gasteiger partial charge >= 0.3 is 5.97 Å². The second-order valence-corrected chi connectivity index (χ2v) is 5.61. The van der Waals surface area contributed by atoms with Crippen molar-refractivity contribution in [1.82, 2.24) is 10.5 Å². The standard InChI is InChI=1S/C13H20N2O4/c1-8(2)10(12(17)19-13(3,4)5)14-11(16)9-6-7-18-15-9/h6-8,10H,1-5H3,(H,14,16)/t10-/m1/s1. The van der Waals surface area contributed by atoms with E-state index in [2.05, 4.69) is 15.0 Å².